The summed E-state index contributed by atoms with van der Waals surface area (Å²) >= 11 is 0. The lowest BCUT2D eigenvalue weighted by atomic mass is 9.85. The zero-order valence-electron chi connectivity index (χ0n) is 21.2. The Morgan fingerprint density at radius 1 is 0.895 bits per heavy atom. The SMILES string of the molecule is Cc1noc(C)c1-c1cnc2c(c1)c(C(c1ccccc1)c1ccccc1)cn2-c1ccc(CN=O)cc1. The molecule has 186 valence electrons. The van der Waals surface area contributed by atoms with Gasteiger partial charge < -0.3 is 9.09 Å². The van der Waals surface area contributed by atoms with E-state index in [1.807, 2.05) is 56.4 Å². The van der Waals surface area contributed by atoms with Gasteiger partial charge in [0, 0.05) is 40.5 Å². The number of nitrogens with zero attached hydrogens (tertiary/aromatic N) is 4. The van der Waals surface area contributed by atoms with E-state index in [0.717, 1.165) is 50.4 Å². The summed E-state index contributed by atoms with van der Waals surface area (Å²) in [7, 11) is 0. The fraction of sp³-hybridized carbons (Fsp3) is 0.125. The van der Waals surface area contributed by atoms with Gasteiger partial charge in [-0.05, 0) is 54.3 Å². The van der Waals surface area contributed by atoms with Gasteiger partial charge in [-0.15, -0.1) is 0 Å². The highest BCUT2D eigenvalue weighted by molar-refractivity contribution is 5.88. The fourth-order valence-corrected chi connectivity index (χ4v) is 5.27. The van der Waals surface area contributed by atoms with Gasteiger partial charge in [-0.1, -0.05) is 83.1 Å². The van der Waals surface area contributed by atoms with Crippen molar-refractivity contribution in [1.82, 2.24) is 14.7 Å². The summed E-state index contributed by atoms with van der Waals surface area (Å²) in [5.74, 6) is 0.771. The number of benzene rings is 3. The Labute approximate surface area is 220 Å². The molecule has 6 heteroatoms. The van der Waals surface area contributed by atoms with Crippen LogP contribution in [0.25, 0.3) is 27.8 Å². The van der Waals surface area contributed by atoms with E-state index < -0.39 is 0 Å². The molecular formula is C32H26N4O2. The number of fused-ring (bicyclic) bond motifs is 1. The highest BCUT2D eigenvalue weighted by atomic mass is 16.5. The summed E-state index contributed by atoms with van der Waals surface area (Å²) in [4.78, 5) is 15.7. The van der Waals surface area contributed by atoms with Crippen molar-refractivity contribution >= 4 is 11.0 Å². The quantitative estimate of drug-likeness (QED) is 0.211. The topological polar surface area (TPSA) is 73.3 Å². The third-order valence-electron chi connectivity index (χ3n) is 7.03. The van der Waals surface area contributed by atoms with Crippen molar-refractivity contribution in [3.8, 4) is 16.8 Å². The van der Waals surface area contributed by atoms with E-state index in [1.165, 1.54) is 11.1 Å². The molecule has 0 saturated carbocycles. The van der Waals surface area contributed by atoms with Crippen molar-refractivity contribution in [2.45, 2.75) is 26.3 Å². The van der Waals surface area contributed by atoms with E-state index in [2.05, 4.69) is 75.7 Å². The number of pyridine rings is 1. The Bertz CT molecular complexity index is 1660. The van der Waals surface area contributed by atoms with Gasteiger partial charge >= 0.3 is 0 Å². The molecular weight excluding hydrogens is 472 g/mol. The Hall–Kier alpha value is -4.84. The molecule has 0 atom stereocenters. The molecule has 6 nitrogen and oxygen atoms in total. The number of rotatable bonds is 7. The van der Waals surface area contributed by atoms with E-state index in [4.69, 9.17) is 9.51 Å². The normalized spacial score (nSPS) is 11.3. The van der Waals surface area contributed by atoms with Gasteiger partial charge in [0.05, 0.1) is 5.69 Å². The minimum Gasteiger partial charge on any atom is -0.361 e. The molecule has 0 saturated heterocycles. The minimum absolute atomic E-state index is 0.00130. The van der Waals surface area contributed by atoms with Crippen molar-refractivity contribution < 1.29 is 4.52 Å². The van der Waals surface area contributed by atoms with Crippen LogP contribution in [0.4, 0.5) is 0 Å². The van der Waals surface area contributed by atoms with Crippen LogP contribution in [-0.2, 0) is 6.54 Å². The van der Waals surface area contributed by atoms with Crippen molar-refractivity contribution in [3.05, 3.63) is 142 Å². The summed E-state index contributed by atoms with van der Waals surface area (Å²) < 4.78 is 7.59. The molecule has 6 rings (SSSR count). The van der Waals surface area contributed by atoms with Gasteiger partial charge in [-0.25, -0.2) is 4.98 Å². The number of hydrogen-bond donors (Lipinski definition) is 0. The lowest BCUT2D eigenvalue weighted by molar-refractivity contribution is 0.393. The third kappa shape index (κ3) is 4.20. The zero-order chi connectivity index (χ0) is 26.1. The van der Waals surface area contributed by atoms with Crippen molar-refractivity contribution in [2.24, 2.45) is 5.18 Å². The van der Waals surface area contributed by atoms with Gasteiger partial charge in [-0.3, -0.25) is 0 Å². The first-order valence-corrected chi connectivity index (χ1v) is 12.6. The molecule has 0 aliphatic rings. The summed E-state index contributed by atoms with van der Waals surface area (Å²) in [6.07, 6.45) is 4.08. The lowest BCUT2D eigenvalue weighted by Gasteiger charge is -2.18. The molecule has 0 N–H and O–H groups in total. The van der Waals surface area contributed by atoms with Crippen LogP contribution in [-0.4, -0.2) is 14.7 Å². The van der Waals surface area contributed by atoms with Crippen LogP contribution >= 0.6 is 0 Å². The Balaban J connectivity index is 1.62. The summed E-state index contributed by atoms with van der Waals surface area (Å²) in [6.45, 7) is 4.04. The van der Waals surface area contributed by atoms with Crippen LogP contribution in [0.5, 0.6) is 0 Å². The van der Waals surface area contributed by atoms with Crippen molar-refractivity contribution in [2.75, 3.05) is 0 Å². The maximum atomic E-state index is 10.8. The fourth-order valence-electron chi connectivity index (χ4n) is 5.27. The molecule has 3 aromatic heterocycles. The number of aryl methyl sites for hydroxylation is 2. The molecule has 0 aliphatic carbocycles. The van der Waals surface area contributed by atoms with Gasteiger partial charge in [0.15, 0.2) is 0 Å². The van der Waals surface area contributed by atoms with E-state index in [9.17, 15) is 4.91 Å². The standard InChI is InChI=1S/C32H26N4O2/c1-21-30(22(2)38-35-21)26-17-28-29(31(24-9-5-3-6-10-24)25-11-7-4-8-12-25)20-36(32(28)33-19-26)27-15-13-23(14-16-27)18-34-37/h3-17,19-20,31H,18H2,1-2H3. The Morgan fingerprint density at radius 3 is 2.13 bits per heavy atom. The highest BCUT2D eigenvalue weighted by Gasteiger charge is 2.24. The number of hydrogen-bond acceptors (Lipinski definition) is 5. The molecule has 0 unspecified atom stereocenters. The van der Waals surface area contributed by atoms with Crippen LogP contribution in [0.3, 0.4) is 0 Å². The average Bonchev–Trinajstić information content (AvgIpc) is 3.49. The molecule has 0 radical (unpaired) electrons. The molecule has 0 aliphatic heterocycles. The van der Waals surface area contributed by atoms with Crippen molar-refractivity contribution in [1.29, 1.82) is 0 Å². The average molecular weight is 499 g/mol. The summed E-state index contributed by atoms with van der Waals surface area (Å²) in [6, 6.07) is 31.2. The summed E-state index contributed by atoms with van der Waals surface area (Å²) in [5, 5.41) is 8.24. The summed E-state index contributed by atoms with van der Waals surface area (Å²) in [5.41, 5.74) is 9.03. The molecule has 0 fully saturated rings. The number of nitroso groups, excluding NO2 is 1. The molecule has 38 heavy (non-hydrogen) atoms. The van der Waals surface area contributed by atoms with E-state index in [1.54, 1.807) is 0 Å². The zero-order valence-corrected chi connectivity index (χ0v) is 21.2. The molecule has 6 aromatic rings. The lowest BCUT2D eigenvalue weighted by Crippen LogP contribution is -2.03. The van der Waals surface area contributed by atoms with Crippen LogP contribution < -0.4 is 0 Å². The third-order valence-corrected chi connectivity index (χ3v) is 7.03. The van der Waals surface area contributed by atoms with E-state index in [0.29, 0.717) is 0 Å². The van der Waals surface area contributed by atoms with Crippen LogP contribution in [0.1, 0.15) is 39.6 Å². The van der Waals surface area contributed by atoms with Crippen LogP contribution in [0.2, 0.25) is 0 Å². The number of aromatic nitrogens is 3. The predicted octanol–water partition coefficient (Wildman–Crippen LogP) is 7.74. The maximum Gasteiger partial charge on any atom is 0.144 e. The second kappa shape index (κ2) is 9.90. The Morgan fingerprint density at radius 2 is 1.55 bits per heavy atom. The smallest absolute Gasteiger partial charge is 0.144 e. The van der Waals surface area contributed by atoms with Crippen LogP contribution in [0.15, 0.2) is 113 Å². The van der Waals surface area contributed by atoms with E-state index >= 15 is 0 Å². The van der Waals surface area contributed by atoms with Gasteiger partial charge in [0.25, 0.3) is 0 Å². The second-order valence-corrected chi connectivity index (χ2v) is 9.46. The first-order valence-electron chi connectivity index (χ1n) is 12.6. The minimum atomic E-state index is 0.00130. The molecule has 0 spiro atoms. The van der Waals surface area contributed by atoms with Crippen LogP contribution in [0, 0.1) is 18.8 Å². The van der Waals surface area contributed by atoms with Gasteiger partial charge in [0.1, 0.15) is 18.0 Å². The maximum absolute atomic E-state index is 10.8. The van der Waals surface area contributed by atoms with Crippen molar-refractivity contribution in [3.63, 3.8) is 0 Å². The first-order chi connectivity index (χ1) is 18.6. The molecule has 3 aromatic carbocycles. The highest BCUT2D eigenvalue weighted by Crippen LogP contribution is 2.39. The monoisotopic (exact) mass is 498 g/mol. The predicted molar refractivity (Wildman–Crippen MR) is 149 cm³/mol. The van der Waals surface area contributed by atoms with Gasteiger partial charge in [0.2, 0.25) is 0 Å². The molecule has 0 bridgehead atoms. The second-order valence-electron chi connectivity index (χ2n) is 9.46. The first kappa shape index (κ1) is 23.6. The Kier molecular flexibility index (Phi) is 6.14. The van der Waals surface area contributed by atoms with Gasteiger partial charge in [-0.2, -0.15) is 4.91 Å². The largest absolute Gasteiger partial charge is 0.361 e. The molecule has 0 amide bonds. The van der Waals surface area contributed by atoms with E-state index in [-0.39, 0.29) is 12.5 Å². The molecule has 3 heterocycles.